The molecule has 2 nitrogen and oxygen atoms in total. The molecule has 0 amide bonds. The summed E-state index contributed by atoms with van der Waals surface area (Å²) < 4.78 is 6.15. The third-order valence-electron chi connectivity index (χ3n) is 2.90. The molecule has 2 rings (SSSR count). The molecule has 0 fully saturated rings. The van der Waals surface area contributed by atoms with Gasteiger partial charge in [0, 0.05) is 15.9 Å². The third-order valence-corrected chi connectivity index (χ3v) is 3.91. The van der Waals surface area contributed by atoms with Gasteiger partial charge in [0.1, 0.15) is 5.75 Å². The maximum atomic E-state index is 10.3. The number of hydrogen-bond acceptors (Lipinski definition) is 2. The predicted molar refractivity (Wildman–Crippen MR) is 80.8 cm³/mol. The van der Waals surface area contributed by atoms with E-state index >= 15 is 0 Å². The van der Waals surface area contributed by atoms with Crippen molar-refractivity contribution in [2.45, 2.75) is 12.5 Å². The van der Waals surface area contributed by atoms with E-state index in [9.17, 15) is 5.11 Å². The van der Waals surface area contributed by atoms with E-state index < -0.39 is 6.10 Å². The van der Waals surface area contributed by atoms with Crippen LogP contribution in [0.5, 0.6) is 5.75 Å². The summed E-state index contributed by atoms with van der Waals surface area (Å²) in [7, 11) is 1.63. The van der Waals surface area contributed by atoms with Crippen LogP contribution in [0.15, 0.2) is 46.9 Å². The van der Waals surface area contributed by atoms with Gasteiger partial charge in [0.05, 0.1) is 13.2 Å². The molecule has 0 aliphatic carbocycles. The van der Waals surface area contributed by atoms with E-state index in [1.807, 2.05) is 30.3 Å². The molecule has 0 aliphatic rings. The Hall–Kier alpha value is -1.03. The lowest BCUT2D eigenvalue weighted by atomic mass is 10.0. The van der Waals surface area contributed by atoms with Gasteiger partial charge in [-0.1, -0.05) is 39.7 Å². The van der Waals surface area contributed by atoms with E-state index in [0.717, 1.165) is 21.3 Å². The van der Waals surface area contributed by atoms with Gasteiger partial charge >= 0.3 is 0 Å². The first kappa shape index (κ1) is 14.4. The van der Waals surface area contributed by atoms with Gasteiger partial charge in [-0.15, -0.1) is 0 Å². The second-order valence-electron chi connectivity index (χ2n) is 4.23. The molecule has 0 spiro atoms. The Bertz CT molecular complexity index is 572. The predicted octanol–water partition coefficient (Wildman–Crippen LogP) is 4.39. The van der Waals surface area contributed by atoms with Gasteiger partial charge in [-0.2, -0.15) is 0 Å². The summed E-state index contributed by atoms with van der Waals surface area (Å²) in [5, 5.41) is 10.9. The average molecular weight is 342 g/mol. The van der Waals surface area contributed by atoms with Gasteiger partial charge < -0.3 is 9.84 Å². The Labute approximate surface area is 126 Å². The number of ether oxygens (including phenoxy) is 1. The van der Waals surface area contributed by atoms with E-state index in [4.69, 9.17) is 16.3 Å². The number of halogens is 2. The molecular formula is C15H14BrClO2. The zero-order chi connectivity index (χ0) is 13.8. The van der Waals surface area contributed by atoms with Gasteiger partial charge in [0.25, 0.3) is 0 Å². The summed E-state index contributed by atoms with van der Waals surface area (Å²) in [4.78, 5) is 0. The summed E-state index contributed by atoms with van der Waals surface area (Å²) >= 11 is 9.41. The van der Waals surface area contributed by atoms with E-state index in [1.54, 1.807) is 19.2 Å². The highest BCUT2D eigenvalue weighted by atomic mass is 79.9. The Kier molecular flexibility index (Phi) is 4.86. The molecule has 2 aromatic rings. The Morgan fingerprint density at radius 2 is 2.05 bits per heavy atom. The Morgan fingerprint density at radius 3 is 2.74 bits per heavy atom. The molecule has 0 bridgehead atoms. The quantitative estimate of drug-likeness (QED) is 0.894. The lowest BCUT2D eigenvalue weighted by molar-refractivity contribution is 0.178. The van der Waals surface area contributed by atoms with Gasteiger partial charge in [-0.05, 0) is 41.5 Å². The zero-order valence-electron chi connectivity index (χ0n) is 10.4. The lowest BCUT2D eigenvalue weighted by Gasteiger charge is -2.13. The van der Waals surface area contributed by atoms with Gasteiger partial charge in [-0.3, -0.25) is 0 Å². The Balaban J connectivity index is 2.21. The number of aliphatic hydroxyl groups excluding tert-OH is 1. The number of benzene rings is 2. The summed E-state index contributed by atoms with van der Waals surface area (Å²) in [6, 6.07) is 13.0. The Morgan fingerprint density at radius 1 is 1.26 bits per heavy atom. The van der Waals surface area contributed by atoms with E-state index in [-0.39, 0.29) is 0 Å². The fourth-order valence-electron chi connectivity index (χ4n) is 1.87. The molecular weight excluding hydrogens is 328 g/mol. The van der Waals surface area contributed by atoms with Crippen molar-refractivity contribution < 1.29 is 9.84 Å². The minimum absolute atomic E-state index is 0.498. The number of hydrogen-bond donors (Lipinski definition) is 1. The second kappa shape index (κ2) is 6.42. The fraction of sp³-hybridized carbons (Fsp3) is 0.200. The van der Waals surface area contributed by atoms with Crippen LogP contribution in [0.2, 0.25) is 5.02 Å². The van der Waals surface area contributed by atoms with E-state index in [2.05, 4.69) is 15.9 Å². The summed E-state index contributed by atoms with van der Waals surface area (Å²) in [5.41, 5.74) is 1.80. The van der Waals surface area contributed by atoms with Crippen molar-refractivity contribution >= 4 is 27.5 Å². The van der Waals surface area contributed by atoms with Crippen LogP contribution < -0.4 is 4.74 Å². The van der Waals surface area contributed by atoms with Crippen molar-refractivity contribution in [1.29, 1.82) is 0 Å². The number of methoxy groups -OCH3 is 1. The molecule has 0 heterocycles. The number of aliphatic hydroxyl groups is 1. The molecule has 0 radical (unpaired) electrons. The summed E-state index contributed by atoms with van der Waals surface area (Å²) in [6.45, 7) is 0. The molecule has 19 heavy (non-hydrogen) atoms. The van der Waals surface area contributed by atoms with Crippen molar-refractivity contribution in [2.75, 3.05) is 7.11 Å². The van der Waals surface area contributed by atoms with Crippen molar-refractivity contribution in [2.24, 2.45) is 0 Å². The highest BCUT2D eigenvalue weighted by molar-refractivity contribution is 9.10. The smallest absolute Gasteiger partial charge is 0.119 e. The van der Waals surface area contributed by atoms with Crippen LogP contribution in [0.25, 0.3) is 0 Å². The minimum atomic E-state index is -0.595. The largest absolute Gasteiger partial charge is 0.497 e. The van der Waals surface area contributed by atoms with Crippen molar-refractivity contribution in [3.05, 3.63) is 63.1 Å². The summed E-state index contributed by atoms with van der Waals surface area (Å²) in [6.07, 6.45) is -0.0971. The first-order chi connectivity index (χ1) is 9.10. The average Bonchev–Trinajstić information content (AvgIpc) is 2.41. The molecule has 0 saturated carbocycles. The normalized spacial score (nSPS) is 12.2. The molecule has 0 saturated heterocycles. The third kappa shape index (κ3) is 3.72. The molecule has 1 unspecified atom stereocenters. The molecule has 1 N–H and O–H groups in total. The fourth-order valence-corrected chi connectivity index (χ4v) is 2.48. The maximum Gasteiger partial charge on any atom is 0.119 e. The molecule has 0 aromatic heterocycles. The lowest BCUT2D eigenvalue weighted by Crippen LogP contribution is -2.02. The highest BCUT2D eigenvalue weighted by Gasteiger charge is 2.12. The molecule has 4 heteroatoms. The first-order valence-electron chi connectivity index (χ1n) is 5.86. The number of rotatable bonds is 4. The summed E-state index contributed by atoms with van der Waals surface area (Å²) in [5.74, 6) is 0.775. The van der Waals surface area contributed by atoms with Crippen LogP contribution in [0, 0.1) is 0 Å². The maximum absolute atomic E-state index is 10.3. The van der Waals surface area contributed by atoms with Crippen LogP contribution in [-0.4, -0.2) is 12.2 Å². The van der Waals surface area contributed by atoms with E-state index in [1.165, 1.54) is 0 Å². The molecule has 2 aromatic carbocycles. The minimum Gasteiger partial charge on any atom is -0.497 e. The van der Waals surface area contributed by atoms with Crippen LogP contribution in [0.3, 0.4) is 0 Å². The molecule has 1 atom stereocenters. The molecule has 0 aliphatic heterocycles. The first-order valence-corrected chi connectivity index (χ1v) is 7.03. The monoisotopic (exact) mass is 340 g/mol. The van der Waals surface area contributed by atoms with Crippen LogP contribution in [-0.2, 0) is 6.42 Å². The van der Waals surface area contributed by atoms with Crippen molar-refractivity contribution in [3.8, 4) is 5.75 Å². The van der Waals surface area contributed by atoms with Gasteiger partial charge in [-0.25, -0.2) is 0 Å². The van der Waals surface area contributed by atoms with Gasteiger partial charge in [0.2, 0.25) is 0 Å². The standard InChI is InChI=1S/C15H14BrClO2/c1-19-13-5-6-14(16)11(8-13)9-15(18)10-3-2-4-12(17)7-10/h2-8,15,18H,9H2,1H3. The zero-order valence-corrected chi connectivity index (χ0v) is 12.8. The highest BCUT2D eigenvalue weighted by Crippen LogP contribution is 2.28. The van der Waals surface area contributed by atoms with Crippen LogP contribution in [0.1, 0.15) is 17.2 Å². The topological polar surface area (TPSA) is 29.5 Å². The molecule has 100 valence electrons. The van der Waals surface area contributed by atoms with Crippen molar-refractivity contribution in [3.63, 3.8) is 0 Å². The second-order valence-corrected chi connectivity index (χ2v) is 5.52. The van der Waals surface area contributed by atoms with Crippen LogP contribution >= 0.6 is 27.5 Å². The van der Waals surface area contributed by atoms with Crippen molar-refractivity contribution in [1.82, 2.24) is 0 Å². The van der Waals surface area contributed by atoms with Gasteiger partial charge in [0.15, 0.2) is 0 Å². The van der Waals surface area contributed by atoms with E-state index in [0.29, 0.717) is 11.4 Å². The SMILES string of the molecule is COc1ccc(Br)c(CC(O)c2cccc(Cl)c2)c1. The van der Waals surface area contributed by atoms with Crippen LogP contribution in [0.4, 0.5) is 0 Å².